The summed E-state index contributed by atoms with van der Waals surface area (Å²) in [6, 6.07) is 0.195. The molecule has 1 aromatic heterocycles. The highest BCUT2D eigenvalue weighted by molar-refractivity contribution is 7.13. The van der Waals surface area contributed by atoms with Crippen LogP contribution in [0.5, 0.6) is 0 Å². The van der Waals surface area contributed by atoms with Crippen LogP contribution in [0.25, 0.3) is 0 Å². The van der Waals surface area contributed by atoms with Crippen molar-refractivity contribution in [1.29, 1.82) is 0 Å². The van der Waals surface area contributed by atoms with Gasteiger partial charge in [-0.2, -0.15) is 0 Å². The lowest BCUT2D eigenvalue weighted by molar-refractivity contribution is -0.117. The summed E-state index contributed by atoms with van der Waals surface area (Å²) in [7, 11) is 1.88. The van der Waals surface area contributed by atoms with Crippen LogP contribution in [-0.2, 0) is 9.53 Å². The number of thiazole rings is 1. The van der Waals surface area contributed by atoms with Gasteiger partial charge in [-0.3, -0.25) is 4.79 Å². The Labute approximate surface area is 106 Å². The topological polar surface area (TPSA) is 63.2 Å². The molecule has 1 atom stereocenters. The van der Waals surface area contributed by atoms with Gasteiger partial charge in [0, 0.05) is 18.0 Å². The van der Waals surface area contributed by atoms with Gasteiger partial charge in [0.1, 0.15) is 0 Å². The first-order valence-electron chi connectivity index (χ1n) is 5.67. The van der Waals surface area contributed by atoms with Crippen LogP contribution in [0.15, 0.2) is 5.38 Å². The summed E-state index contributed by atoms with van der Waals surface area (Å²) in [6.45, 7) is 5.02. The number of rotatable bonds is 7. The lowest BCUT2D eigenvalue weighted by atomic mass is 10.3. The van der Waals surface area contributed by atoms with Crippen molar-refractivity contribution >= 4 is 22.4 Å². The maximum absolute atomic E-state index is 11.5. The minimum absolute atomic E-state index is 0.0588. The summed E-state index contributed by atoms with van der Waals surface area (Å²) >= 11 is 1.44. The highest BCUT2D eigenvalue weighted by Gasteiger charge is 2.09. The molecular weight excluding hydrogens is 238 g/mol. The van der Waals surface area contributed by atoms with Crippen molar-refractivity contribution in [2.45, 2.75) is 26.3 Å². The standard InChI is InChI=1S/C11H19N3O2S/c1-4-16-6-5-10(15)14-11-13-9(7-17-11)8(2)12-3/h7-8,12H,4-6H2,1-3H3,(H,13,14,15). The molecule has 0 bridgehead atoms. The number of anilines is 1. The largest absolute Gasteiger partial charge is 0.381 e. The van der Waals surface area contributed by atoms with Gasteiger partial charge in [-0.05, 0) is 20.9 Å². The number of carbonyl (C=O) groups excluding carboxylic acids is 1. The Hall–Kier alpha value is -0.980. The van der Waals surface area contributed by atoms with Crippen LogP contribution in [-0.4, -0.2) is 31.2 Å². The van der Waals surface area contributed by atoms with Crippen molar-refractivity contribution in [3.8, 4) is 0 Å². The van der Waals surface area contributed by atoms with Gasteiger partial charge in [0.2, 0.25) is 5.91 Å². The van der Waals surface area contributed by atoms with Gasteiger partial charge in [-0.15, -0.1) is 11.3 Å². The summed E-state index contributed by atoms with van der Waals surface area (Å²) < 4.78 is 5.11. The Morgan fingerprint density at radius 2 is 2.41 bits per heavy atom. The Morgan fingerprint density at radius 3 is 3.06 bits per heavy atom. The van der Waals surface area contributed by atoms with Crippen LogP contribution >= 0.6 is 11.3 Å². The lowest BCUT2D eigenvalue weighted by Crippen LogP contribution is -2.15. The van der Waals surface area contributed by atoms with Crippen molar-refractivity contribution < 1.29 is 9.53 Å². The van der Waals surface area contributed by atoms with Crippen LogP contribution < -0.4 is 10.6 Å². The van der Waals surface area contributed by atoms with Crippen molar-refractivity contribution in [2.24, 2.45) is 0 Å². The van der Waals surface area contributed by atoms with Crippen LogP contribution in [0.1, 0.15) is 32.0 Å². The van der Waals surface area contributed by atoms with Gasteiger partial charge in [-0.1, -0.05) is 0 Å². The van der Waals surface area contributed by atoms with Crippen LogP contribution in [0.2, 0.25) is 0 Å². The van der Waals surface area contributed by atoms with E-state index in [1.807, 2.05) is 26.3 Å². The number of hydrogen-bond donors (Lipinski definition) is 2. The van der Waals surface area contributed by atoms with E-state index in [0.29, 0.717) is 24.8 Å². The van der Waals surface area contributed by atoms with E-state index in [4.69, 9.17) is 4.74 Å². The number of carbonyl (C=O) groups is 1. The summed E-state index contributed by atoms with van der Waals surface area (Å²) in [6.07, 6.45) is 0.365. The summed E-state index contributed by atoms with van der Waals surface area (Å²) in [5.41, 5.74) is 0.942. The van der Waals surface area contributed by atoms with Crippen molar-refractivity contribution in [2.75, 3.05) is 25.6 Å². The second kappa shape index (κ2) is 7.37. The molecule has 0 aliphatic rings. The molecule has 1 amide bonds. The molecule has 1 rings (SSSR count). The third-order valence-electron chi connectivity index (χ3n) is 2.32. The smallest absolute Gasteiger partial charge is 0.228 e. The number of aromatic nitrogens is 1. The predicted octanol–water partition coefficient (Wildman–Crippen LogP) is 1.79. The molecule has 6 heteroatoms. The first-order chi connectivity index (χ1) is 8.17. The quantitative estimate of drug-likeness (QED) is 0.731. The van der Waals surface area contributed by atoms with E-state index in [9.17, 15) is 4.79 Å². The second-order valence-electron chi connectivity index (χ2n) is 3.58. The third-order valence-corrected chi connectivity index (χ3v) is 3.10. The van der Waals surface area contributed by atoms with Crippen LogP contribution in [0.3, 0.4) is 0 Å². The monoisotopic (exact) mass is 257 g/mol. The molecule has 0 aliphatic heterocycles. The van der Waals surface area contributed by atoms with E-state index in [2.05, 4.69) is 15.6 Å². The van der Waals surface area contributed by atoms with Gasteiger partial charge < -0.3 is 15.4 Å². The number of ether oxygens (including phenoxy) is 1. The summed E-state index contributed by atoms with van der Waals surface area (Å²) in [4.78, 5) is 15.8. The van der Waals surface area contributed by atoms with Crippen molar-refractivity contribution in [1.82, 2.24) is 10.3 Å². The average molecular weight is 257 g/mol. The number of nitrogens with zero attached hydrogens (tertiary/aromatic N) is 1. The minimum Gasteiger partial charge on any atom is -0.381 e. The molecule has 0 spiro atoms. The average Bonchev–Trinajstić information content (AvgIpc) is 2.77. The molecule has 2 N–H and O–H groups in total. The van der Waals surface area contributed by atoms with Gasteiger partial charge in [0.15, 0.2) is 5.13 Å². The molecule has 17 heavy (non-hydrogen) atoms. The molecule has 96 valence electrons. The Balaban J connectivity index is 2.40. The van der Waals surface area contributed by atoms with E-state index in [1.165, 1.54) is 11.3 Å². The first-order valence-corrected chi connectivity index (χ1v) is 6.55. The maximum Gasteiger partial charge on any atom is 0.228 e. The molecule has 1 heterocycles. The van der Waals surface area contributed by atoms with E-state index in [0.717, 1.165) is 5.69 Å². The van der Waals surface area contributed by atoms with Crippen molar-refractivity contribution in [3.05, 3.63) is 11.1 Å². The SMILES string of the molecule is CCOCCC(=O)Nc1nc(C(C)NC)cs1. The predicted molar refractivity (Wildman–Crippen MR) is 69.3 cm³/mol. The van der Waals surface area contributed by atoms with E-state index >= 15 is 0 Å². The third kappa shape index (κ3) is 4.80. The van der Waals surface area contributed by atoms with Crippen LogP contribution in [0, 0.1) is 0 Å². The summed E-state index contributed by atoms with van der Waals surface area (Å²) in [5.74, 6) is -0.0588. The van der Waals surface area contributed by atoms with Gasteiger partial charge >= 0.3 is 0 Å². The fraction of sp³-hybridized carbons (Fsp3) is 0.636. The molecule has 0 aromatic carbocycles. The molecular formula is C11H19N3O2S. The van der Waals surface area contributed by atoms with Crippen molar-refractivity contribution in [3.63, 3.8) is 0 Å². The zero-order chi connectivity index (χ0) is 12.7. The Bertz CT molecular complexity index is 354. The van der Waals surface area contributed by atoms with Gasteiger partial charge in [0.05, 0.1) is 18.7 Å². The van der Waals surface area contributed by atoms with Crippen LogP contribution in [0.4, 0.5) is 5.13 Å². The summed E-state index contributed by atoms with van der Waals surface area (Å²) in [5, 5.41) is 8.45. The molecule has 1 unspecified atom stereocenters. The number of nitrogens with one attached hydrogen (secondary N) is 2. The zero-order valence-electron chi connectivity index (χ0n) is 10.4. The molecule has 0 saturated carbocycles. The molecule has 0 saturated heterocycles. The molecule has 5 nitrogen and oxygen atoms in total. The molecule has 0 aliphatic carbocycles. The Morgan fingerprint density at radius 1 is 1.65 bits per heavy atom. The fourth-order valence-corrected chi connectivity index (χ4v) is 2.00. The fourth-order valence-electron chi connectivity index (χ4n) is 1.18. The van der Waals surface area contributed by atoms with E-state index in [1.54, 1.807) is 0 Å². The second-order valence-corrected chi connectivity index (χ2v) is 4.44. The highest BCUT2D eigenvalue weighted by Crippen LogP contribution is 2.20. The van der Waals surface area contributed by atoms with Gasteiger partial charge in [0.25, 0.3) is 0 Å². The molecule has 0 fully saturated rings. The highest BCUT2D eigenvalue weighted by atomic mass is 32.1. The van der Waals surface area contributed by atoms with E-state index in [-0.39, 0.29) is 11.9 Å². The minimum atomic E-state index is -0.0588. The van der Waals surface area contributed by atoms with E-state index < -0.39 is 0 Å². The number of hydrogen-bond acceptors (Lipinski definition) is 5. The lowest BCUT2D eigenvalue weighted by Gasteiger charge is -2.05. The zero-order valence-corrected chi connectivity index (χ0v) is 11.3. The molecule has 0 radical (unpaired) electrons. The first kappa shape index (κ1) is 14.1. The number of amides is 1. The van der Waals surface area contributed by atoms with Gasteiger partial charge in [-0.25, -0.2) is 4.98 Å². The Kier molecular flexibility index (Phi) is 6.10. The normalized spacial score (nSPS) is 12.4. The maximum atomic E-state index is 11.5. The molecule has 1 aromatic rings.